The summed E-state index contributed by atoms with van der Waals surface area (Å²) in [4.78, 5) is -0.0187. The van der Waals surface area contributed by atoms with Crippen LogP contribution in [0, 0.1) is 0 Å². The van der Waals surface area contributed by atoms with Crippen LogP contribution in [-0.2, 0) is 16.6 Å². The minimum absolute atomic E-state index is 0.0187. The van der Waals surface area contributed by atoms with E-state index >= 15 is 0 Å². The average Bonchev–Trinajstić information content (AvgIpc) is 2.91. The number of hydrogen-bond donors (Lipinski definition) is 2. The molecule has 0 atom stereocenters. The zero-order valence-electron chi connectivity index (χ0n) is 11.2. The maximum absolute atomic E-state index is 12.2. The van der Waals surface area contributed by atoms with Gasteiger partial charge in [0, 0.05) is 12.3 Å². The first-order valence-electron chi connectivity index (χ1n) is 5.96. The van der Waals surface area contributed by atoms with Gasteiger partial charge in [-0.05, 0) is 12.1 Å². The van der Waals surface area contributed by atoms with Crippen molar-refractivity contribution in [2.45, 2.75) is 11.4 Å². The minimum Gasteiger partial charge on any atom is -0.497 e. The number of aliphatic hydroxyl groups is 1. The van der Waals surface area contributed by atoms with Gasteiger partial charge in [0.25, 0.3) is 10.0 Å². The normalized spacial score (nSPS) is 11.4. The van der Waals surface area contributed by atoms with E-state index in [1.54, 1.807) is 6.07 Å². The van der Waals surface area contributed by atoms with Gasteiger partial charge in [0.05, 0.1) is 37.2 Å². The third kappa shape index (κ3) is 3.66. The van der Waals surface area contributed by atoms with E-state index in [9.17, 15) is 8.42 Å². The van der Waals surface area contributed by atoms with Crippen molar-refractivity contribution in [3.63, 3.8) is 0 Å². The Morgan fingerprint density at radius 2 is 2.24 bits per heavy atom. The fourth-order valence-corrected chi connectivity index (χ4v) is 2.86. The van der Waals surface area contributed by atoms with Gasteiger partial charge in [-0.15, -0.1) is 0 Å². The van der Waals surface area contributed by atoms with Gasteiger partial charge in [0.2, 0.25) is 0 Å². The third-order valence-electron chi connectivity index (χ3n) is 2.67. The number of rotatable bonds is 6. The lowest BCUT2D eigenvalue weighted by molar-refractivity contribution is 0.269. The Morgan fingerprint density at radius 3 is 2.90 bits per heavy atom. The van der Waals surface area contributed by atoms with Crippen LogP contribution < -0.4 is 9.46 Å². The van der Waals surface area contributed by atoms with Gasteiger partial charge in [-0.1, -0.05) is 11.6 Å². The molecule has 0 unspecified atom stereocenters. The Balaban J connectivity index is 2.28. The maximum atomic E-state index is 12.2. The summed E-state index contributed by atoms with van der Waals surface area (Å²) in [6.45, 7) is 0.0890. The SMILES string of the molecule is COc1ccc(Cl)c(NS(=O)(=O)c2cnn(CCO)c2)c1. The highest BCUT2D eigenvalue weighted by Gasteiger charge is 2.18. The van der Waals surface area contributed by atoms with Crippen LogP contribution >= 0.6 is 11.6 Å². The summed E-state index contributed by atoms with van der Waals surface area (Å²) in [6.07, 6.45) is 2.53. The predicted molar refractivity (Wildman–Crippen MR) is 78.1 cm³/mol. The number of benzene rings is 1. The molecule has 2 rings (SSSR count). The number of aliphatic hydroxyl groups excluding tert-OH is 1. The predicted octanol–water partition coefficient (Wildman–Crippen LogP) is 1.34. The quantitative estimate of drug-likeness (QED) is 0.833. The number of sulfonamides is 1. The molecule has 0 saturated heterocycles. The Hall–Kier alpha value is -1.77. The molecule has 0 aliphatic rings. The summed E-state index contributed by atoms with van der Waals surface area (Å²) in [7, 11) is -2.34. The van der Waals surface area contributed by atoms with Gasteiger partial charge in [-0.2, -0.15) is 5.10 Å². The maximum Gasteiger partial charge on any atom is 0.265 e. The van der Waals surface area contributed by atoms with Crippen molar-refractivity contribution in [2.75, 3.05) is 18.4 Å². The van der Waals surface area contributed by atoms with Crippen LogP contribution in [0.2, 0.25) is 5.02 Å². The second-order valence-corrected chi connectivity index (χ2v) is 6.20. The molecular weight excluding hydrogens is 318 g/mol. The minimum atomic E-state index is -3.81. The topological polar surface area (TPSA) is 93.5 Å². The van der Waals surface area contributed by atoms with Gasteiger partial charge < -0.3 is 9.84 Å². The second kappa shape index (κ2) is 6.33. The highest BCUT2D eigenvalue weighted by atomic mass is 35.5. The van der Waals surface area contributed by atoms with Gasteiger partial charge in [-0.3, -0.25) is 9.40 Å². The van der Waals surface area contributed by atoms with E-state index in [0.29, 0.717) is 5.75 Å². The van der Waals surface area contributed by atoms with Crippen LogP contribution in [0.3, 0.4) is 0 Å². The van der Waals surface area contributed by atoms with Crippen LogP contribution in [0.15, 0.2) is 35.5 Å². The largest absolute Gasteiger partial charge is 0.497 e. The van der Waals surface area contributed by atoms with Gasteiger partial charge >= 0.3 is 0 Å². The molecule has 0 radical (unpaired) electrons. The standard InChI is InChI=1S/C12H14ClN3O4S/c1-20-9-2-3-11(13)12(6-9)15-21(18,19)10-7-14-16(8-10)4-5-17/h2-3,6-8,15,17H,4-5H2,1H3. The average molecular weight is 332 g/mol. The lowest BCUT2D eigenvalue weighted by atomic mass is 10.3. The summed E-state index contributed by atoms with van der Waals surface area (Å²) in [5, 5.41) is 12.9. The fourth-order valence-electron chi connectivity index (χ4n) is 1.62. The molecule has 1 heterocycles. The summed E-state index contributed by atoms with van der Waals surface area (Å²) in [5.74, 6) is 0.480. The molecule has 0 bridgehead atoms. The van der Waals surface area contributed by atoms with Crippen molar-refractivity contribution >= 4 is 27.3 Å². The van der Waals surface area contributed by atoms with Crippen molar-refractivity contribution in [2.24, 2.45) is 0 Å². The second-order valence-electron chi connectivity index (χ2n) is 4.11. The number of nitrogens with zero attached hydrogens (tertiary/aromatic N) is 2. The molecule has 0 aliphatic carbocycles. The first-order chi connectivity index (χ1) is 9.96. The van der Waals surface area contributed by atoms with Crippen LogP contribution in [0.25, 0.3) is 0 Å². The Morgan fingerprint density at radius 1 is 1.48 bits per heavy atom. The van der Waals surface area contributed by atoms with E-state index in [-0.39, 0.29) is 28.8 Å². The van der Waals surface area contributed by atoms with Crippen molar-refractivity contribution in [1.82, 2.24) is 9.78 Å². The van der Waals surface area contributed by atoms with E-state index in [1.807, 2.05) is 0 Å². The molecule has 0 amide bonds. The highest BCUT2D eigenvalue weighted by molar-refractivity contribution is 7.92. The molecule has 114 valence electrons. The first-order valence-corrected chi connectivity index (χ1v) is 7.82. The van der Waals surface area contributed by atoms with Crippen LogP contribution in [0.4, 0.5) is 5.69 Å². The lowest BCUT2D eigenvalue weighted by Crippen LogP contribution is -2.13. The molecule has 9 heteroatoms. The van der Waals surface area contributed by atoms with Crippen molar-refractivity contribution in [3.8, 4) is 5.75 Å². The first kappa shape index (κ1) is 15.6. The number of nitrogens with one attached hydrogen (secondary N) is 1. The Labute approximate surface area is 127 Å². The molecule has 7 nitrogen and oxygen atoms in total. The fraction of sp³-hybridized carbons (Fsp3) is 0.250. The number of halogens is 1. The summed E-state index contributed by atoms with van der Waals surface area (Å²) < 4.78 is 33.2. The van der Waals surface area contributed by atoms with E-state index in [0.717, 1.165) is 0 Å². The molecule has 0 aliphatic heterocycles. The van der Waals surface area contributed by atoms with Gasteiger partial charge in [-0.25, -0.2) is 8.42 Å². The summed E-state index contributed by atoms with van der Waals surface area (Å²) >= 11 is 5.97. The molecular formula is C12H14ClN3O4S. The van der Waals surface area contributed by atoms with E-state index < -0.39 is 10.0 Å². The number of methoxy groups -OCH3 is 1. The molecule has 1 aromatic heterocycles. The Kier molecular flexibility index (Phi) is 4.71. The number of aromatic nitrogens is 2. The molecule has 2 N–H and O–H groups in total. The summed E-state index contributed by atoms with van der Waals surface area (Å²) in [6, 6.07) is 4.64. The van der Waals surface area contributed by atoms with Crippen molar-refractivity contribution < 1.29 is 18.3 Å². The van der Waals surface area contributed by atoms with E-state index in [4.69, 9.17) is 21.4 Å². The zero-order valence-corrected chi connectivity index (χ0v) is 12.7. The van der Waals surface area contributed by atoms with Crippen molar-refractivity contribution in [3.05, 3.63) is 35.6 Å². The summed E-state index contributed by atoms with van der Waals surface area (Å²) in [5.41, 5.74) is 0.214. The van der Waals surface area contributed by atoms with E-state index in [2.05, 4.69) is 9.82 Å². The van der Waals surface area contributed by atoms with Gasteiger partial charge in [0.1, 0.15) is 10.6 Å². The smallest absolute Gasteiger partial charge is 0.265 e. The number of anilines is 1. The van der Waals surface area contributed by atoms with E-state index in [1.165, 1.54) is 36.3 Å². The zero-order chi connectivity index (χ0) is 15.5. The van der Waals surface area contributed by atoms with Crippen molar-refractivity contribution in [1.29, 1.82) is 0 Å². The van der Waals surface area contributed by atoms with Gasteiger partial charge in [0.15, 0.2) is 0 Å². The molecule has 0 fully saturated rings. The molecule has 0 spiro atoms. The monoisotopic (exact) mass is 331 g/mol. The Bertz CT molecular complexity index is 730. The highest BCUT2D eigenvalue weighted by Crippen LogP contribution is 2.28. The van der Waals surface area contributed by atoms with Crippen LogP contribution in [0.5, 0.6) is 5.75 Å². The number of ether oxygens (including phenoxy) is 1. The molecule has 1 aromatic carbocycles. The molecule has 0 saturated carbocycles. The van der Waals surface area contributed by atoms with Crippen LogP contribution in [-0.4, -0.2) is 37.0 Å². The molecule has 2 aromatic rings. The van der Waals surface area contributed by atoms with Crippen LogP contribution in [0.1, 0.15) is 0 Å². The third-order valence-corrected chi connectivity index (χ3v) is 4.32. The lowest BCUT2D eigenvalue weighted by Gasteiger charge is -2.09. The molecule has 21 heavy (non-hydrogen) atoms. The number of hydrogen-bond acceptors (Lipinski definition) is 5.